The summed E-state index contributed by atoms with van der Waals surface area (Å²) in [6.07, 6.45) is 0.997. The van der Waals surface area contributed by atoms with Gasteiger partial charge in [0.2, 0.25) is 0 Å². The zero-order chi connectivity index (χ0) is 7.11. The molecule has 0 aromatic carbocycles. The lowest BCUT2D eigenvalue weighted by Crippen LogP contribution is -2.12. The minimum atomic E-state index is -0.311. The van der Waals surface area contributed by atoms with Gasteiger partial charge in [0.05, 0.1) is 19.5 Å². The van der Waals surface area contributed by atoms with E-state index in [1.165, 1.54) is 6.26 Å². The normalized spacial score (nSPS) is 12.7. The fraction of sp³-hybridized carbons (Fsp3) is 0.667. The van der Waals surface area contributed by atoms with Gasteiger partial charge in [0.15, 0.2) is 6.29 Å². The maximum Gasteiger partial charge on any atom is 0.196 e. The van der Waals surface area contributed by atoms with E-state index in [1.54, 1.807) is 6.92 Å². The highest BCUT2D eigenvalue weighted by Crippen LogP contribution is 1.91. The van der Waals surface area contributed by atoms with Crippen LogP contribution < -0.4 is 0 Å². The van der Waals surface area contributed by atoms with E-state index in [1.807, 2.05) is 0 Å². The molecule has 0 rings (SSSR count). The molecular formula is C6H12O3. The third kappa shape index (κ3) is 5.33. The first kappa shape index (κ1) is 8.46. The SMILES string of the molecule is C=COC(C)OCCO. The summed E-state index contributed by atoms with van der Waals surface area (Å²) < 4.78 is 9.66. The Morgan fingerprint density at radius 2 is 2.44 bits per heavy atom. The second-order valence-electron chi connectivity index (χ2n) is 1.46. The maximum atomic E-state index is 8.28. The fourth-order valence-corrected chi connectivity index (χ4v) is 0.393. The van der Waals surface area contributed by atoms with Crippen molar-refractivity contribution in [3.63, 3.8) is 0 Å². The summed E-state index contributed by atoms with van der Waals surface area (Å²) in [5.41, 5.74) is 0. The molecule has 0 aliphatic rings. The van der Waals surface area contributed by atoms with Crippen molar-refractivity contribution < 1.29 is 14.6 Å². The maximum absolute atomic E-state index is 8.28. The third-order valence-corrected chi connectivity index (χ3v) is 0.732. The minimum absolute atomic E-state index is 0.0187. The van der Waals surface area contributed by atoms with Crippen LogP contribution in [0.5, 0.6) is 0 Å². The third-order valence-electron chi connectivity index (χ3n) is 0.732. The first-order valence-corrected chi connectivity index (χ1v) is 2.80. The van der Waals surface area contributed by atoms with E-state index in [4.69, 9.17) is 14.6 Å². The van der Waals surface area contributed by atoms with E-state index >= 15 is 0 Å². The molecule has 1 N–H and O–H groups in total. The van der Waals surface area contributed by atoms with Gasteiger partial charge in [-0.25, -0.2) is 0 Å². The molecule has 0 heterocycles. The lowest BCUT2D eigenvalue weighted by Gasteiger charge is -2.09. The highest BCUT2D eigenvalue weighted by molar-refractivity contribution is 4.49. The standard InChI is InChI=1S/C6H12O3/c1-3-8-6(2)9-5-4-7/h3,6-7H,1,4-5H2,2H3. The van der Waals surface area contributed by atoms with Crippen LogP contribution in [0.3, 0.4) is 0 Å². The average Bonchev–Trinajstić information content (AvgIpc) is 1.85. The zero-order valence-corrected chi connectivity index (χ0v) is 5.54. The van der Waals surface area contributed by atoms with Crippen molar-refractivity contribution in [1.29, 1.82) is 0 Å². The molecule has 0 saturated carbocycles. The van der Waals surface area contributed by atoms with Gasteiger partial charge < -0.3 is 14.6 Å². The Balaban J connectivity index is 3.04. The van der Waals surface area contributed by atoms with Crippen LogP contribution in [0.4, 0.5) is 0 Å². The van der Waals surface area contributed by atoms with Crippen molar-refractivity contribution in [3.05, 3.63) is 12.8 Å². The molecule has 0 amide bonds. The minimum Gasteiger partial charge on any atom is -0.473 e. The largest absolute Gasteiger partial charge is 0.473 e. The number of aliphatic hydroxyl groups is 1. The van der Waals surface area contributed by atoms with Crippen molar-refractivity contribution in [1.82, 2.24) is 0 Å². The molecule has 1 atom stereocenters. The molecule has 0 aromatic heterocycles. The van der Waals surface area contributed by atoms with E-state index in [9.17, 15) is 0 Å². The van der Waals surface area contributed by atoms with Gasteiger partial charge in [-0.1, -0.05) is 6.58 Å². The van der Waals surface area contributed by atoms with Gasteiger partial charge >= 0.3 is 0 Å². The molecule has 9 heavy (non-hydrogen) atoms. The van der Waals surface area contributed by atoms with Crippen LogP contribution >= 0.6 is 0 Å². The molecule has 54 valence electrons. The summed E-state index contributed by atoms with van der Waals surface area (Å²) in [6, 6.07) is 0. The lowest BCUT2D eigenvalue weighted by atomic mass is 10.7. The molecule has 0 spiro atoms. The lowest BCUT2D eigenvalue weighted by molar-refractivity contribution is -0.100. The quantitative estimate of drug-likeness (QED) is 0.437. The van der Waals surface area contributed by atoms with Crippen LogP contribution in [-0.4, -0.2) is 24.6 Å². The van der Waals surface area contributed by atoms with E-state index in [2.05, 4.69) is 6.58 Å². The van der Waals surface area contributed by atoms with Crippen molar-refractivity contribution in [2.24, 2.45) is 0 Å². The predicted molar refractivity (Wildman–Crippen MR) is 33.8 cm³/mol. The summed E-state index contributed by atoms with van der Waals surface area (Å²) in [6.45, 7) is 5.40. The molecule has 3 nitrogen and oxygen atoms in total. The summed E-state index contributed by atoms with van der Waals surface area (Å²) >= 11 is 0. The number of aliphatic hydroxyl groups excluding tert-OH is 1. The fourth-order valence-electron chi connectivity index (χ4n) is 0.393. The topological polar surface area (TPSA) is 38.7 Å². The molecule has 0 fully saturated rings. The molecule has 0 bridgehead atoms. The van der Waals surface area contributed by atoms with Gasteiger partial charge in [0.1, 0.15) is 0 Å². The highest BCUT2D eigenvalue weighted by atomic mass is 16.7. The molecule has 1 unspecified atom stereocenters. The van der Waals surface area contributed by atoms with Gasteiger partial charge in [-0.3, -0.25) is 0 Å². The molecule has 0 aliphatic heterocycles. The smallest absolute Gasteiger partial charge is 0.196 e. The Labute approximate surface area is 54.9 Å². The second-order valence-corrected chi connectivity index (χ2v) is 1.46. The van der Waals surface area contributed by atoms with Crippen LogP contribution in [0.25, 0.3) is 0 Å². The van der Waals surface area contributed by atoms with Gasteiger partial charge in [-0.05, 0) is 6.92 Å². The molecular weight excluding hydrogens is 120 g/mol. The summed E-state index contributed by atoms with van der Waals surface area (Å²) in [7, 11) is 0. The van der Waals surface area contributed by atoms with Gasteiger partial charge in [0.25, 0.3) is 0 Å². The van der Waals surface area contributed by atoms with Crippen molar-refractivity contribution in [2.45, 2.75) is 13.2 Å². The van der Waals surface area contributed by atoms with Crippen molar-refractivity contribution in [3.8, 4) is 0 Å². The Morgan fingerprint density at radius 1 is 1.78 bits per heavy atom. The molecule has 0 saturated heterocycles. The van der Waals surface area contributed by atoms with Crippen LogP contribution in [-0.2, 0) is 9.47 Å². The molecule has 0 radical (unpaired) electrons. The highest BCUT2D eigenvalue weighted by Gasteiger charge is 1.95. The Morgan fingerprint density at radius 3 is 2.89 bits per heavy atom. The second kappa shape index (κ2) is 5.59. The Bertz CT molecular complexity index is 72.7. The van der Waals surface area contributed by atoms with E-state index in [0.29, 0.717) is 6.61 Å². The van der Waals surface area contributed by atoms with E-state index in [0.717, 1.165) is 0 Å². The summed E-state index contributed by atoms with van der Waals surface area (Å²) in [4.78, 5) is 0. The van der Waals surface area contributed by atoms with Gasteiger partial charge in [-0.2, -0.15) is 0 Å². The van der Waals surface area contributed by atoms with E-state index in [-0.39, 0.29) is 12.9 Å². The summed E-state index contributed by atoms with van der Waals surface area (Å²) in [5.74, 6) is 0. The van der Waals surface area contributed by atoms with Crippen molar-refractivity contribution >= 4 is 0 Å². The van der Waals surface area contributed by atoms with Gasteiger partial charge in [-0.15, -0.1) is 0 Å². The Hall–Kier alpha value is -0.540. The number of ether oxygens (including phenoxy) is 2. The number of hydrogen-bond acceptors (Lipinski definition) is 3. The molecule has 3 heteroatoms. The molecule has 0 aromatic rings. The predicted octanol–water partition coefficient (Wildman–Crippen LogP) is 0.501. The van der Waals surface area contributed by atoms with Crippen LogP contribution in [0.15, 0.2) is 12.8 Å². The van der Waals surface area contributed by atoms with Crippen LogP contribution in [0.1, 0.15) is 6.92 Å². The average molecular weight is 132 g/mol. The Kier molecular flexibility index (Phi) is 5.26. The first-order chi connectivity index (χ1) is 4.31. The van der Waals surface area contributed by atoms with E-state index < -0.39 is 0 Å². The van der Waals surface area contributed by atoms with Crippen molar-refractivity contribution in [2.75, 3.05) is 13.2 Å². The van der Waals surface area contributed by atoms with Gasteiger partial charge in [0, 0.05) is 0 Å². The zero-order valence-electron chi connectivity index (χ0n) is 5.54. The molecule has 0 aliphatic carbocycles. The van der Waals surface area contributed by atoms with Crippen LogP contribution in [0, 0.1) is 0 Å². The first-order valence-electron chi connectivity index (χ1n) is 2.80. The van der Waals surface area contributed by atoms with Crippen LogP contribution in [0.2, 0.25) is 0 Å². The monoisotopic (exact) mass is 132 g/mol. The number of rotatable bonds is 5. The summed E-state index contributed by atoms with van der Waals surface area (Å²) in [5, 5.41) is 8.28. The number of hydrogen-bond donors (Lipinski definition) is 1.